The molecule has 1 rings (SSSR count). The average Bonchev–Trinajstić information content (AvgIpc) is 2.23. The topological polar surface area (TPSA) is 77.4 Å². The van der Waals surface area contributed by atoms with Crippen LogP contribution < -0.4 is 0 Å². The number of nitroso groups, excluding NO2 is 1. The Balaban J connectivity index is 2.77. The van der Waals surface area contributed by atoms with Gasteiger partial charge >= 0.3 is 0 Å². The van der Waals surface area contributed by atoms with Crippen molar-refractivity contribution in [3.05, 3.63) is 4.91 Å². The number of hydrogen-bond donors (Lipinski definition) is 1. The molecular weight excluding hydrogens is 202 g/mol. The first-order valence-corrected chi connectivity index (χ1v) is 4.84. The number of aliphatic hydroxyl groups is 1. The van der Waals surface area contributed by atoms with Crippen molar-refractivity contribution in [2.45, 2.75) is 37.4 Å². The Labute approximate surface area is 88.5 Å². The Bertz CT molecular complexity index is 213. The normalized spacial score (nSPS) is 41.5. The van der Waals surface area contributed by atoms with Crippen LogP contribution in [0.25, 0.3) is 0 Å². The standard InChI is InChI=1S/C9H17NO5/c1-5-7(11)9(14-3)8(13-2)6(15-5)4-10-12/h5-9,11H,4H2,1-3H3. The molecule has 5 atom stereocenters. The maximum atomic E-state index is 10.2. The number of aliphatic hydroxyl groups excluding tert-OH is 1. The zero-order chi connectivity index (χ0) is 11.4. The molecule has 0 saturated carbocycles. The van der Waals surface area contributed by atoms with Crippen molar-refractivity contribution in [1.82, 2.24) is 0 Å². The van der Waals surface area contributed by atoms with E-state index in [1.165, 1.54) is 14.2 Å². The van der Waals surface area contributed by atoms with Crippen molar-refractivity contribution < 1.29 is 19.3 Å². The van der Waals surface area contributed by atoms with Crippen LogP contribution in [0.3, 0.4) is 0 Å². The molecule has 0 amide bonds. The number of rotatable bonds is 4. The quantitative estimate of drug-likeness (QED) is 0.670. The molecule has 1 heterocycles. The Kier molecular flexibility index (Phi) is 4.59. The highest BCUT2D eigenvalue weighted by Crippen LogP contribution is 2.25. The van der Waals surface area contributed by atoms with Crippen molar-refractivity contribution in [3.63, 3.8) is 0 Å². The first-order chi connectivity index (χ1) is 7.15. The van der Waals surface area contributed by atoms with E-state index in [1.807, 2.05) is 0 Å². The molecule has 88 valence electrons. The van der Waals surface area contributed by atoms with E-state index in [1.54, 1.807) is 6.92 Å². The molecule has 0 aromatic rings. The summed E-state index contributed by atoms with van der Waals surface area (Å²) < 4.78 is 15.8. The number of ether oxygens (including phenoxy) is 3. The molecule has 15 heavy (non-hydrogen) atoms. The van der Waals surface area contributed by atoms with E-state index >= 15 is 0 Å². The van der Waals surface area contributed by atoms with E-state index in [9.17, 15) is 10.0 Å². The highest BCUT2D eigenvalue weighted by Gasteiger charge is 2.44. The van der Waals surface area contributed by atoms with Crippen LogP contribution in [0.2, 0.25) is 0 Å². The summed E-state index contributed by atoms with van der Waals surface area (Å²) in [7, 11) is 2.98. The average molecular weight is 219 g/mol. The summed E-state index contributed by atoms with van der Waals surface area (Å²) in [6.45, 7) is 1.72. The van der Waals surface area contributed by atoms with Gasteiger partial charge in [0, 0.05) is 14.2 Å². The van der Waals surface area contributed by atoms with Gasteiger partial charge in [0.1, 0.15) is 31.0 Å². The molecule has 0 aliphatic carbocycles. The molecule has 5 unspecified atom stereocenters. The molecule has 0 radical (unpaired) electrons. The molecule has 1 aliphatic rings. The Hall–Kier alpha value is -0.560. The Morgan fingerprint density at radius 2 is 1.93 bits per heavy atom. The fourth-order valence-corrected chi connectivity index (χ4v) is 1.89. The highest BCUT2D eigenvalue weighted by molar-refractivity contribution is 4.93. The smallest absolute Gasteiger partial charge is 0.114 e. The monoisotopic (exact) mass is 219 g/mol. The zero-order valence-corrected chi connectivity index (χ0v) is 9.12. The summed E-state index contributed by atoms with van der Waals surface area (Å²) in [5.74, 6) is 0. The molecule has 6 heteroatoms. The Morgan fingerprint density at radius 1 is 1.33 bits per heavy atom. The summed E-state index contributed by atoms with van der Waals surface area (Å²) in [5, 5.41) is 12.6. The second kappa shape index (κ2) is 5.50. The third-order valence-electron chi connectivity index (χ3n) is 2.70. The number of nitrogens with zero attached hydrogens (tertiary/aromatic N) is 1. The molecule has 0 aromatic carbocycles. The van der Waals surface area contributed by atoms with Gasteiger partial charge in [0.05, 0.1) is 6.10 Å². The van der Waals surface area contributed by atoms with Crippen LogP contribution in [0.5, 0.6) is 0 Å². The van der Waals surface area contributed by atoms with Gasteiger partial charge in [-0.3, -0.25) is 0 Å². The van der Waals surface area contributed by atoms with Crippen LogP contribution in [0.1, 0.15) is 6.92 Å². The van der Waals surface area contributed by atoms with Crippen LogP contribution in [-0.2, 0) is 14.2 Å². The van der Waals surface area contributed by atoms with Gasteiger partial charge in [0.2, 0.25) is 0 Å². The van der Waals surface area contributed by atoms with Crippen LogP contribution in [0.15, 0.2) is 5.18 Å². The summed E-state index contributed by atoms with van der Waals surface area (Å²) in [5.41, 5.74) is 0. The van der Waals surface area contributed by atoms with Crippen molar-refractivity contribution in [1.29, 1.82) is 0 Å². The predicted octanol–water partition coefficient (Wildman–Crippen LogP) is -0.0690. The fourth-order valence-electron chi connectivity index (χ4n) is 1.89. The number of hydrogen-bond acceptors (Lipinski definition) is 6. The zero-order valence-electron chi connectivity index (χ0n) is 9.12. The molecule has 6 nitrogen and oxygen atoms in total. The van der Waals surface area contributed by atoms with E-state index < -0.39 is 30.5 Å². The van der Waals surface area contributed by atoms with Crippen molar-refractivity contribution in [2.75, 3.05) is 20.8 Å². The maximum absolute atomic E-state index is 10.2. The third-order valence-corrected chi connectivity index (χ3v) is 2.70. The van der Waals surface area contributed by atoms with Gasteiger partial charge in [-0.15, -0.1) is 0 Å². The van der Waals surface area contributed by atoms with E-state index in [0.717, 1.165) is 0 Å². The van der Waals surface area contributed by atoms with Gasteiger partial charge in [-0.25, -0.2) is 0 Å². The number of methoxy groups -OCH3 is 2. The second-order valence-electron chi connectivity index (χ2n) is 3.58. The molecule has 1 N–H and O–H groups in total. The highest BCUT2D eigenvalue weighted by atomic mass is 16.6. The van der Waals surface area contributed by atoms with Gasteiger partial charge in [-0.2, -0.15) is 4.91 Å². The van der Waals surface area contributed by atoms with E-state index in [0.29, 0.717) is 0 Å². The molecule has 0 aromatic heterocycles. The van der Waals surface area contributed by atoms with Gasteiger partial charge in [-0.05, 0) is 6.92 Å². The van der Waals surface area contributed by atoms with Crippen molar-refractivity contribution in [2.24, 2.45) is 5.18 Å². The van der Waals surface area contributed by atoms with Crippen LogP contribution in [0, 0.1) is 4.91 Å². The summed E-state index contributed by atoms with van der Waals surface area (Å²) in [4.78, 5) is 10.2. The minimum absolute atomic E-state index is 0.00454. The fraction of sp³-hybridized carbons (Fsp3) is 1.00. The van der Waals surface area contributed by atoms with Crippen LogP contribution in [0.4, 0.5) is 0 Å². The minimum Gasteiger partial charge on any atom is -0.388 e. The second-order valence-corrected chi connectivity index (χ2v) is 3.58. The first kappa shape index (κ1) is 12.5. The van der Waals surface area contributed by atoms with E-state index in [4.69, 9.17) is 14.2 Å². The molecule has 1 aliphatic heterocycles. The molecule has 0 spiro atoms. The van der Waals surface area contributed by atoms with E-state index in [2.05, 4.69) is 5.18 Å². The van der Waals surface area contributed by atoms with Gasteiger partial charge in [-0.1, -0.05) is 5.18 Å². The van der Waals surface area contributed by atoms with Crippen molar-refractivity contribution in [3.8, 4) is 0 Å². The van der Waals surface area contributed by atoms with Crippen LogP contribution in [-0.4, -0.2) is 56.4 Å². The summed E-state index contributed by atoms with van der Waals surface area (Å²) >= 11 is 0. The van der Waals surface area contributed by atoms with Crippen LogP contribution >= 0.6 is 0 Å². The molecule has 0 bridgehead atoms. The largest absolute Gasteiger partial charge is 0.388 e. The minimum atomic E-state index is -0.761. The molecule has 1 saturated heterocycles. The SMILES string of the molecule is COC1C(CN=O)OC(C)C(O)C1OC. The maximum Gasteiger partial charge on any atom is 0.114 e. The van der Waals surface area contributed by atoms with Gasteiger partial charge < -0.3 is 19.3 Å². The lowest BCUT2D eigenvalue weighted by Gasteiger charge is -2.41. The Morgan fingerprint density at radius 3 is 2.40 bits per heavy atom. The first-order valence-electron chi connectivity index (χ1n) is 4.84. The summed E-state index contributed by atoms with van der Waals surface area (Å²) in [6.07, 6.45) is -2.59. The predicted molar refractivity (Wildman–Crippen MR) is 52.6 cm³/mol. The summed E-state index contributed by atoms with van der Waals surface area (Å²) in [6, 6.07) is 0. The van der Waals surface area contributed by atoms with Gasteiger partial charge in [0.25, 0.3) is 0 Å². The third kappa shape index (κ3) is 2.52. The molecular formula is C9H17NO5. The van der Waals surface area contributed by atoms with Gasteiger partial charge in [0.15, 0.2) is 0 Å². The lowest BCUT2D eigenvalue weighted by molar-refractivity contribution is -0.228. The molecule has 1 fully saturated rings. The van der Waals surface area contributed by atoms with Crippen molar-refractivity contribution >= 4 is 0 Å². The lowest BCUT2D eigenvalue weighted by atomic mass is 9.95. The van der Waals surface area contributed by atoms with E-state index in [-0.39, 0.29) is 6.54 Å². The lowest BCUT2D eigenvalue weighted by Crippen LogP contribution is -2.58.